The van der Waals surface area contributed by atoms with Gasteiger partial charge in [-0.15, -0.1) is 0 Å². The van der Waals surface area contributed by atoms with E-state index in [9.17, 15) is 4.79 Å². The molecular formula is C18H23NO2. The molecule has 2 fully saturated rings. The van der Waals surface area contributed by atoms with Crippen LogP contribution >= 0.6 is 0 Å². The lowest BCUT2D eigenvalue weighted by atomic mass is 10.0. The summed E-state index contributed by atoms with van der Waals surface area (Å²) in [6.45, 7) is 2.42. The molecule has 0 aromatic heterocycles. The van der Waals surface area contributed by atoms with E-state index in [0.717, 1.165) is 37.9 Å². The van der Waals surface area contributed by atoms with Crippen molar-refractivity contribution in [3.63, 3.8) is 0 Å². The van der Waals surface area contributed by atoms with Crippen LogP contribution in [0.2, 0.25) is 0 Å². The first-order valence-electron chi connectivity index (χ1n) is 7.97. The molecule has 1 atom stereocenters. The van der Waals surface area contributed by atoms with Gasteiger partial charge >= 0.3 is 5.97 Å². The zero-order valence-electron chi connectivity index (χ0n) is 12.5. The van der Waals surface area contributed by atoms with E-state index in [1.165, 1.54) is 18.4 Å². The van der Waals surface area contributed by atoms with E-state index in [0.29, 0.717) is 12.6 Å². The number of rotatable bonds is 3. The highest BCUT2D eigenvalue weighted by Gasteiger charge is 2.29. The molecule has 2 aliphatic rings. The van der Waals surface area contributed by atoms with Crippen molar-refractivity contribution in [2.45, 2.75) is 38.1 Å². The van der Waals surface area contributed by atoms with Gasteiger partial charge in [0.2, 0.25) is 0 Å². The van der Waals surface area contributed by atoms with Crippen LogP contribution in [-0.4, -0.2) is 36.6 Å². The minimum atomic E-state index is -0.113. The molecule has 2 saturated heterocycles. The van der Waals surface area contributed by atoms with Crippen molar-refractivity contribution in [3.05, 3.63) is 47.5 Å². The summed E-state index contributed by atoms with van der Waals surface area (Å²) in [5, 5.41) is 0. The maximum atomic E-state index is 12.1. The predicted octanol–water partition coefficient (Wildman–Crippen LogP) is 2.96. The first-order chi connectivity index (χ1) is 10.3. The fourth-order valence-electron chi connectivity index (χ4n) is 3.21. The third-order valence-electron chi connectivity index (χ3n) is 4.46. The second-order valence-electron chi connectivity index (χ2n) is 5.97. The lowest BCUT2D eigenvalue weighted by Gasteiger charge is -2.32. The summed E-state index contributed by atoms with van der Waals surface area (Å²) in [6.07, 6.45) is 7.60. The summed E-state index contributed by atoms with van der Waals surface area (Å²) < 4.78 is 5.44. The maximum absolute atomic E-state index is 12.1. The normalized spacial score (nSPS) is 25.2. The Kier molecular flexibility index (Phi) is 4.71. The van der Waals surface area contributed by atoms with Gasteiger partial charge in [-0.2, -0.15) is 0 Å². The molecule has 0 radical (unpaired) electrons. The highest BCUT2D eigenvalue weighted by atomic mass is 16.5. The Morgan fingerprint density at radius 2 is 2.10 bits per heavy atom. The molecule has 2 aliphatic heterocycles. The number of cyclic esters (lactones) is 1. The van der Waals surface area contributed by atoms with Crippen molar-refractivity contribution in [1.29, 1.82) is 0 Å². The summed E-state index contributed by atoms with van der Waals surface area (Å²) in [7, 11) is 0. The largest absolute Gasteiger partial charge is 0.461 e. The quantitative estimate of drug-likeness (QED) is 0.631. The van der Waals surface area contributed by atoms with Crippen molar-refractivity contribution in [2.24, 2.45) is 0 Å². The molecule has 0 aliphatic carbocycles. The molecule has 3 heteroatoms. The SMILES string of the molecule is O=C1OCC2CCCCN2C/C1=C/CCc1ccccc1. The second-order valence-corrected chi connectivity index (χ2v) is 5.97. The van der Waals surface area contributed by atoms with Crippen molar-refractivity contribution in [2.75, 3.05) is 19.7 Å². The molecule has 0 saturated carbocycles. The van der Waals surface area contributed by atoms with Crippen LogP contribution in [0.3, 0.4) is 0 Å². The molecule has 112 valence electrons. The Bertz CT molecular complexity index is 509. The Balaban J connectivity index is 1.62. The van der Waals surface area contributed by atoms with Crippen molar-refractivity contribution < 1.29 is 9.53 Å². The predicted molar refractivity (Wildman–Crippen MR) is 83.0 cm³/mol. The monoisotopic (exact) mass is 285 g/mol. The Morgan fingerprint density at radius 3 is 2.95 bits per heavy atom. The summed E-state index contributed by atoms with van der Waals surface area (Å²) in [5.74, 6) is -0.113. The molecule has 21 heavy (non-hydrogen) atoms. The van der Waals surface area contributed by atoms with Crippen LogP contribution in [0, 0.1) is 0 Å². The van der Waals surface area contributed by atoms with Gasteiger partial charge in [0.05, 0.1) is 0 Å². The van der Waals surface area contributed by atoms with E-state index in [1.807, 2.05) is 6.07 Å². The van der Waals surface area contributed by atoms with Crippen LogP contribution in [0.5, 0.6) is 0 Å². The number of benzene rings is 1. The molecule has 3 rings (SSSR count). The summed E-state index contributed by atoms with van der Waals surface area (Å²) in [6, 6.07) is 10.8. The van der Waals surface area contributed by atoms with Gasteiger partial charge in [0.1, 0.15) is 6.61 Å². The van der Waals surface area contributed by atoms with Gasteiger partial charge in [-0.1, -0.05) is 42.8 Å². The number of aryl methyl sites for hydroxylation is 1. The highest BCUT2D eigenvalue weighted by Crippen LogP contribution is 2.22. The number of esters is 1. The number of piperidine rings is 1. The van der Waals surface area contributed by atoms with Crippen LogP contribution in [0.15, 0.2) is 42.0 Å². The second kappa shape index (κ2) is 6.90. The smallest absolute Gasteiger partial charge is 0.335 e. The average Bonchev–Trinajstić information content (AvgIpc) is 2.68. The van der Waals surface area contributed by atoms with Gasteiger partial charge in [0, 0.05) is 18.2 Å². The van der Waals surface area contributed by atoms with E-state index in [4.69, 9.17) is 4.74 Å². The molecule has 0 amide bonds. The molecule has 1 aromatic rings. The van der Waals surface area contributed by atoms with Gasteiger partial charge in [0.25, 0.3) is 0 Å². The molecule has 0 bridgehead atoms. The first kappa shape index (κ1) is 14.3. The van der Waals surface area contributed by atoms with Crippen LogP contribution in [0.25, 0.3) is 0 Å². The number of allylic oxidation sites excluding steroid dienone is 1. The van der Waals surface area contributed by atoms with Crippen LogP contribution in [-0.2, 0) is 16.0 Å². The number of carbonyl (C=O) groups excluding carboxylic acids is 1. The zero-order valence-corrected chi connectivity index (χ0v) is 12.5. The van der Waals surface area contributed by atoms with E-state index in [1.54, 1.807) is 0 Å². The number of nitrogens with zero attached hydrogens (tertiary/aromatic N) is 1. The minimum Gasteiger partial charge on any atom is -0.461 e. The van der Waals surface area contributed by atoms with Crippen molar-refractivity contribution in [1.82, 2.24) is 4.90 Å². The average molecular weight is 285 g/mol. The standard InChI is InChI=1S/C18H23NO2/c20-18-16(10-6-9-15-7-2-1-3-8-15)13-19-12-5-4-11-17(19)14-21-18/h1-3,7-8,10,17H,4-6,9,11-14H2/b16-10-. The number of fused-ring (bicyclic) bond motifs is 1. The van der Waals surface area contributed by atoms with Crippen LogP contribution in [0.4, 0.5) is 0 Å². The third-order valence-corrected chi connectivity index (χ3v) is 4.46. The van der Waals surface area contributed by atoms with Crippen molar-refractivity contribution >= 4 is 5.97 Å². The van der Waals surface area contributed by atoms with E-state index in [2.05, 4.69) is 35.2 Å². The fraction of sp³-hybridized carbons (Fsp3) is 0.500. The molecule has 0 N–H and O–H groups in total. The van der Waals surface area contributed by atoms with Gasteiger partial charge in [-0.3, -0.25) is 4.90 Å². The molecule has 0 spiro atoms. The van der Waals surface area contributed by atoms with E-state index >= 15 is 0 Å². The van der Waals surface area contributed by atoms with E-state index < -0.39 is 0 Å². The minimum absolute atomic E-state index is 0.113. The summed E-state index contributed by atoms with van der Waals surface area (Å²) in [5.41, 5.74) is 2.16. The van der Waals surface area contributed by atoms with Gasteiger partial charge in [0.15, 0.2) is 0 Å². The Labute approximate surface area is 126 Å². The molecule has 1 unspecified atom stereocenters. The zero-order chi connectivity index (χ0) is 14.5. The first-order valence-corrected chi connectivity index (χ1v) is 7.97. The fourth-order valence-corrected chi connectivity index (χ4v) is 3.21. The highest BCUT2D eigenvalue weighted by molar-refractivity contribution is 5.89. The number of carbonyl (C=O) groups is 1. The summed E-state index contributed by atoms with van der Waals surface area (Å²) in [4.78, 5) is 14.5. The van der Waals surface area contributed by atoms with Crippen LogP contribution < -0.4 is 0 Å². The number of hydrogen-bond donors (Lipinski definition) is 0. The lowest BCUT2D eigenvalue weighted by molar-refractivity contribution is -0.139. The topological polar surface area (TPSA) is 29.5 Å². The molecule has 2 heterocycles. The lowest BCUT2D eigenvalue weighted by Crippen LogP contribution is -2.41. The molecule has 1 aromatic carbocycles. The van der Waals surface area contributed by atoms with Gasteiger partial charge in [-0.25, -0.2) is 4.79 Å². The Hall–Kier alpha value is -1.61. The van der Waals surface area contributed by atoms with E-state index in [-0.39, 0.29) is 5.97 Å². The van der Waals surface area contributed by atoms with Crippen molar-refractivity contribution in [3.8, 4) is 0 Å². The maximum Gasteiger partial charge on any atom is 0.335 e. The third kappa shape index (κ3) is 3.73. The number of ether oxygens (including phenoxy) is 1. The number of hydrogen-bond acceptors (Lipinski definition) is 3. The molecular weight excluding hydrogens is 262 g/mol. The van der Waals surface area contributed by atoms with Gasteiger partial charge < -0.3 is 4.74 Å². The molecule has 3 nitrogen and oxygen atoms in total. The summed E-state index contributed by atoms with van der Waals surface area (Å²) >= 11 is 0. The van der Waals surface area contributed by atoms with Crippen LogP contribution in [0.1, 0.15) is 31.2 Å². The Morgan fingerprint density at radius 1 is 1.24 bits per heavy atom. The van der Waals surface area contributed by atoms with Gasteiger partial charge in [-0.05, 0) is 37.8 Å².